The van der Waals surface area contributed by atoms with Crippen LogP contribution in [-0.4, -0.2) is 11.3 Å². The zero-order chi connectivity index (χ0) is 14.2. The van der Waals surface area contributed by atoms with Crippen molar-refractivity contribution in [2.24, 2.45) is 0 Å². The van der Waals surface area contributed by atoms with Crippen LogP contribution in [0, 0.1) is 0 Å². The molecule has 2 aromatic carbocycles. The topological polar surface area (TPSA) is 39.0 Å². The summed E-state index contributed by atoms with van der Waals surface area (Å²) >= 11 is 0. The van der Waals surface area contributed by atoms with E-state index in [1.165, 1.54) is 0 Å². The van der Waals surface area contributed by atoms with Gasteiger partial charge in [0.1, 0.15) is 0 Å². The highest BCUT2D eigenvalue weighted by molar-refractivity contribution is 7.79. The minimum Gasteiger partial charge on any atom is -0.312 e. The Morgan fingerprint density at radius 3 is 1.80 bits per heavy atom. The van der Waals surface area contributed by atoms with Crippen molar-refractivity contribution in [1.82, 2.24) is 5.32 Å². The zero-order valence-electron chi connectivity index (χ0n) is 11.9. The standard InChI is InChI=1S/C17H20NOP/c1-3-17(2)16(18-17)20(19,14-10-6-4-7-11-14)15-12-8-5-9-13-15/h4-13,16,18H,3H2,1-2H3/t16-,17-/m0/s1. The third-order valence-corrected chi connectivity index (χ3v) is 7.92. The average molecular weight is 285 g/mol. The van der Waals surface area contributed by atoms with Crippen LogP contribution in [-0.2, 0) is 4.57 Å². The summed E-state index contributed by atoms with van der Waals surface area (Å²) in [5.74, 6) is 0.0461. The summed E-state index contributed by atoms with van der Waals surface area (Å²) in [6.07, 6.45) is 0.987. The third kappa shape index (κ3) is 2.04. The maximum atomic E-state index is 13.9. The predicted octanol–water partition coefficient (Wildman–Crippen LogP) is 3.10. The largest absolute Gasteiger partial charge is 0.312 e. The van der Waals surface area contributed by atoms with Crippen molar-refractivity contribution >= 4 is 17.8 Å². The normalized spacial score (nSPS) is 25.4. The van der Waals surface area contributed by atoms with Crippen molar-refractivity contribution in [2.75, 3.05) is 0 Å². The summed E-state index contributed by atoms with van der Waals surface area (Å²) in [6.45, 7) is 4.31. The van der Waals surface area contributed by atoms with Crippen LogP contribution < -0.4 is 15.9 Å². The first kappa shape index (κ1) is 13.6. The van der Waals surface area contributed by atoms with E-state index in [-0.39, 0.29) is 11.3 Å². The van der Waals surface area contributed by atoms with E-state index in [1.54, 1.807) is 0 Å². The lowest BCUT2D eigenvalue weighted by molar-refractivity contribution is 0.581. The SMILES string of the molecule is CC[C@]1(C)N[C@H]1P(=O)(c1ccccc1)c1ccccc1. The van der Waals surface area contributed by atoms with E-state index >= 15 is 0 Å². The molecule has 1 N–H and O–H groups in total. The van der Waals surface area contributed by atoms with E-state index in [1.807, 2.05) is 60.7 Å². The summed E-state index contributed by atoms with van der Waals surface area (Å²) < 4.78 is 13.9. The fraction of sp³-hybridized carbons (Fsp3) is 0.294. The fourth-order valence-corrected chi connectivity index (χ4v) is 6.39. The van der Waals surface area contributed by atoms with Crippen LogP contribution in [0.4, 0.5) is 0 Å². The van der Waals surface area contributed by atoms with Gasteiger partial charge in [0, 0.05) is 16.1 Å². The molecule has 1 aliphatic rings. The number of nitrogens with one attached hydrogen (secondary N) is 1. The molecule has 0 aromatic heterocycles. The van der Waals surface area contributed by atoms with Crippen LogP contribution in [0.15, 0.2) is 60.7 Å². The molecular weight excluding hydrogens is 265 g/mol. The molecule has 2 aromatic rings. The van der Waals surface area contributed by atoms with Gasteiger partial charge in [-0.3, -0.25) is 5.32 Å². The number of benzene rings is 2. The molecule has 0 amide bonds. The van der Waals surface area contributed by atoms with Crippen LogP contribution in [0.5, 0.6) is 0 Å². The summed E-state index contributed by atoms with van der Waals surface area (Å²) in [6, 6.07) is 19.8. The molecule has 3 rings (SSSR count). The summed E-state index contributed by atoms with van der Waals surface area (Å²) in [4.78, 5) is 0. The number of hydrogen-bond acceptors (Lipinski definition) is 2. The van der Waals surface area contributed by atoms with Gasteiger partial charge in [-0.25, -0.2) is 0 Å². The minimum atomic E-state index is -2.63. The van der Waals surface area contributed by atoms with Gasteiger partial charge in [0.25, 0.3) is 0 Å². The van der Waals surface area contributed by atoms with Gasteiger partial charge in [-0.05, 0) is 13.3 Å². The van der Waals surface area contributed by atoms with Gasteiger partial charge in [0.05, 0.1) is 5.78 Å². The van der Waals surface area contributed by atoms with Crippen LogP contribution in [0.3, 0.4) is 0 Å². The molecule has 2 nitrogen and oxygen atoms in total. The first-order valence-corrected chi connectivity index (χ1v) is 8.87. The molecule has 0 unspecified atom stereocenters. The molecule has 3 heteroatoms. The molecule has 0 saturated carbocycles. The van der Waals surface area contributed by atoms with Crippen molar-refractivity contribution in [2.45, 2.75) is 31.6 Å². The van der Waals surface area contributed by atoms with Gasteiger partial charge < -0.3 is 4.57 Å². The molecule has 0 radical (unpaired) electrons. The van der Waals surface area contributed by atoms with E-state index in [0.717, 1.165) is 17.0 Å². The minimum absolute atomic E-state index is 0.0127. The quantitative estimate of drug-likeness (QED) is 0.692. The Morgan fingerprint density at radius 2 is 1.45 bits per heavy atom. The second-order valence-corrected chi connectivity index (χ2v) is 8.51. The fourth-order valence-electron chi connectivity index (χ4n) is 2.80. The summed E-state index contributed by atoms with van der Waals surface area (Å²) in [5.41, 5.74) is -0.0127. The third-order valence-electron chi connectivity index (χ3n) is 4.36. The number of rotatable bonds is 4. The van der Waals surface area contributed by atoms with Crippen molar-refractivity contribution in [3.05, 3.63) is 60.7 Å². The van der Waals surface area contributed by atoms with Crippen molar-refractivity contribution < 1.29 is 4.57 Å². The van der Waals surface area contributed by atoms with Crippen LogP contribution in [0.1, 0.15) is 20.3 Å². The van der Waals surface area contributed by atoms with E-state index < -0.39 is 7.14 Å². The molecule has 0 spiro atoms. The van der Waals surface area contributed by atoms with E-state index in [4.69, 9.17) is 0 Å². The van der Waals surface area contributed by atoms with Crippen molar-refractivity contribution in [3.63, 3.8) is 0 Å². The average Bonchev–Trinajstić information content (AvgIpc) is 3.21. The van der Waals surface area contributed by atoms with Crippen LogP contribution in [0.2, 0.25) is 0 Å². The maximum Gasteiger partial charge on any atom is 0.161 e. The van der Waals surface area contributed by atoms with Gasteiger partial charge in [0.15, 0.2) is 7.14 Å². The van der Waals surface area contributed by atoms with E-state index in [2.05, 4.69) is 19.2 Å². The predicted molar refractivity (Wildman–Crippen MR) is 85.4 cm³/mol. The maximum absolute atomic E-state index is 13.9. The van der Waals surface area contributed by atoms with Gasteiger partial charge in [-0.1, -0.05) is 67.6 Å². The lowest BCUT2D eigenvalue weighted by atomic mass is 10.1. The molecule has 1 fully saturated rings. The molecule has 104 valence electrons. The molecule has 1 aliphatic heterocycles. The molecule has 1 heterocycles. The Hall–Kier alpha value is -1.37. The number of hydrogen-bond donors (Lipinski definition) is 1. The Morgan fingerprint density at radius 1 is 1.00 bits per heavy atom. The molecule has 2 atom stereocenters. The lowest BCUT2D eigenvalue weighted by Crippen LogP contribution is -2.23. The van der Waals surface area contributed by atoms with Gasteiger partial charge in [-0.15, -0.1) is 0 Å². The Bertz CT molecular complexity index is 597. The monoisotopic (exact) mass is 285 g/mol. The van der Waals surface area contributed by atoms with Crippen LogP contribution in [0.25, 0.3) is 0 Å². The zero-order valence-corrected chi connectivity index (χ0v) is 12.8. The highest BCUT2D eigenvalue weighted by Gasteiger charge is 2.58. The molecule has 1 saturated heterocycles. The van der Waals surface area contributed by atoms with Crippen molar-refractivity contribution in [3.8, 4) is 0 Å². The van der Waals surface area contributed by atoms with Gasteiger partial charge >= 0.3 is 0 Å². The first-order chi connectivity index (χ1) is 9.61. The second kappa shape index (κ2) is 4.87. The molecule has 0 bridgehead atoms. The first-order valence-electron chi connectivity index (χ1n) is 7.10. The van der Waals surface area contributed by atoms with E-state index in [9.17, 15) is 4.57 Å². The summed E-state index contributed by atoms with van der Waals surface area (Å²) in [7, 11) is -2.63. The Kier molecular flexibility index (Phi) is 3.32. The van der Waals surface area contributed by atoms with Gasteiger partial charge in [-0.2, -0.15) is 0 Å². The molecule has 20 heavy (non-hydrogen) atoms. The molecular formula is C17H20NOP. The smallest absolute Gasteiger partial charge is 0.161 e. The Balaban J connectivity index is 2.13. The van der Waals surface area contributed by atoms with Crippen molar-refractivity contribution in [1.29, 1.82) is 0 Å². The van der Waals surface area contributed by atoms with Gasteiger partial charge in [0.2, 0.25) is 0 Å². The lowest BCUT2D eigenvalue weighted by Gasteiger charge is -2.20. The van der Waals surface area contributed by atoms with E-state index in [0.29, 0.717) is 0 Å². The van der Waals surface area contributed by atoms with Crippen LogP contribution >= 0.6 is 7.14 Å². The highest BCUT2D eigenvalue weighted by atomic mass is 31.2. The molecule has 0 aliphatic carbocycles. The highest BCUT2D eigenvalue weighted by Crippen LogP contribution is 2.58. The second-order valence-electron chi connectivity index (χ2n) is 5.65. The Labute approximate surface area is 120 Å². The summed E-state index contributed by atoms with van der Waals surface area (Å²) in [5, 5.41) is 5.36.